The van der Waals surface area contributed by atoms with Crippen LogP contribution in [0.2, 0.25) is 0 Å². The molecule has 1 saturated heterocycles. The maximum atomic E-state index is 13.2. The predicted octanol–water partition coefficient (Wildman–Crippen LogP) is 3.04. The molecule has 0 spiro atoms. The number of ether oxygens (including phenoxy) is 1. The molecule has 2 amide bonds. The minimum absolute atomic E-state index is 0.0630. The highest BCUT2D eigenvalue weighted by atomic mass is 32.2. The van der Waals surface area contributed by atoms with E-state index in [1.807, 2.05) is 6.92 Å². The number of piperidine rings is 1. The third-order valence-corrected chi connectivity index (χ3v) is 8.70. The minimum atomic E-state index is -3.72. The molecule has 1 atom stereocenters. The maximum Gasteiger partial charge on any atom is 0.265 e. The van der Waals surface area contributed by atoms with Gasteiger partial charge in [0.2, 0.25) is 15.9 Å². The summed E-state index contributed by atoms with van der Waals surface area (Å²) in [5, 5.41) is 5.94. The molecule has 0 unspecified atom stereocenters. The molecule has 8 nitrogen and oxygen atoms in total. The summed E-state index contributed by atoms with van der Waals surface area (Å²) < 4.78 is 33.4. The lowest BCUT2D eigenvalue weighted by Gasteiger charge is -2.32. The number of nitrogens with one attached hydrogen (secondary N) is 2. The first-order valence-electron chi connectivity index (χ1n) is 11.8. The smallest absolute Gasteiger partial charge is 0.265 e. The van der Waals surface area contributed by atoms with E-state index in [2.05, 4.69) is 10.6 Å². The highest BCUT2D eigenvalue weighted by Gasteiger charge is 2.34. The molecule has 1 aromatic rings. The summed E-state index contributed by atoms with van der Waals surface area (Å²) in [6, 6.07) is 4.83. The summed E-state index contributed by atoms with van der Waals surface area (Å²) >= 11 is 0. The zero-order chi connectivity index (χ0) is 22.7. The van der Waals surface area contributed by atoms with Crippen molar-refractivity contribution in [2.45, 2.75) is 81.8 Å². The number of hydrogen-bond acceptors (Lipinski definition) is 5. The van der Waals surface area contributed by atoms with Crippen LogP contribution in [-0.4, -0.2) is 49.8 Å². The summed E-state index contributed by atoms with van der Waals surface area (Å²) in [5.74, 6) is 0.124. The average molecular weight is 464 g/mol. The van der Waals surface area contributed by atoms with Gasteiger partial charge in [-0.15, -0.1) is 0 Å². The van der Waals surface area contributed by atoms with Crippen molar-refractivity contribution >= 4 is 27.5 Å². The summed E-state index contributed by atoms with van der Waals surface area (Å²) in [4.78, 5) is 24.9. The Bertz CT molecular complexity index is 948. The lowest BCUT2D eigenvalue weighted by molar-refractivity contribution is -0.127. The van der Waals surface area contributed by atoms with E-state index in [0.29, 0.717) is 43.8 Å². The fraction of sp³-hybridized carbons (Fsp3) is 0.652. The number of amides is 2. The molecule has 0 radical (unpaired) electrons. The van der Waals surface area contributed by atoms with Crippen molar-refractivity contribution in [2.75, 3.05) is 18.4 Å². The fourth-order valence-electron chi connectivity index (χ4n) is 4.81. The van der Waals surface area contributed by atoms with Gasteiger partial charge in [-0.1, -0.05) is 32.6 Å². The lowest BCUT2D eigenvalue weighted by atomic mass is 9.96. The van der Waals surface area contributed by atoms with Crippen LogP contribution < -0.4 is 15.4 Å². The molecule has 0 aromatic heterocycles. The Kier molecular flexibility index (Phi) is 7.05. The van der Waals surface area contributed by atoms with Crippen LogP contribution in [0.5, 0.6) is 5.75 Å². The van der Waals surface area contributed by atoms with Crippen LogP contribution in [0.25, 0.3) is 0 Å². The van der Waals surface area contributed by atoms with Crippen LogP contribution in [-0.2, 0) is 19.6 Å². The average Bonchev–Trinajstić information content (AvgIpc) is 3.07. The van der Waals surface area contributed by atoms with Crippen molar-refractivity contribution in [2.24, 2.45) is 5.92 Å². The van der Waals surface area contributed by atoms with Gasteiger partial charge in [0.1, 0.15) is 5.75 Å². The number of carbonyl (C=O) groups excluding carboxylic acids is 2. The minimum Gasteiger partial charge on any atom is -0.478 e. The second-order valence-electron chi connectivity index (χ2n) is 9.04. The van der Waals surface area contributed by atoms with E-state index in [9.17, 15) is 18.0 Å². The number of rotatable bonds is 5. The predicted molar refractivity (Wildman–Crippen MR) is 121 cm³/mol. The van der Waals surface area contributed by atoms with Gasteiger partial charge >= 0.3 is 0 Å². The Morgan fingerprint density at radius 1 is 1.12 bits per heavy atom. The first-order chi connectivity index (χ1) is 15.4. The maximum absolute atomic E-state index is 13.2. The third kappa shape index (κ3) is 4.93. The molecule has 9 heteroatoms. The quantitative estimate of drug-likeness (QED) is 0.653. The van der Waals surface area contributed by atoms with Gasteiger partial charge in [0.15, 0.2) is 6.10 Å². The van der Waals surface area contributed by atoms with Gasteiger partial charge in [0.25, 0.3) is 5.91 Å². The number of anilines is 1. The molecule has 32 heavy (non-hydrogen) atoms. The molecule has 3 aliphatic rings. The van der Waals surface area contributed by atoms with Crippen LogP contribution in [0, 0.1) is 5.92 Å². The molecule has 2 N–H and O–H groups in total. The van der Waals surface area contributed by atoms with Crippen molar-refractivity contribution in [3.63, 3.8) is 0 Å². The van der Waals surface area contributed by atoms with E-state index in [1.54, 1.807) is 6.07 Å². The van der Waals surface area contributed by atoms with Crippen molar-refractivity contribution in [1.82, 2.24) is 9.62 Å². The molecule has 1 aromatic carbocycles. The normalized spacial score (nSPS) is 23.5. The van der Waals surface area contributed by atoms with Gasteiger partial charge in [0.05, 0.1) is 10.6 Å². The number of nitrogens with zero attached hydrogens (tertiary/aromatic N) is 1. The standard InChI is InChI=1S/C23H33N3O5S/c1-2-20-23(28)25-19-15-18(9-10-21(19)31-20)32(29,30)26-13-11-16(12-14-26)22(27)24-17-7-5-3-4-6-8-17/h9-10,15-17,20H,2-8,11-14H2,1H3,(H,24,27)(H,25,28)/t20-/m0/s1. The second kappa shape index (κ2) is 9.79. The Morgan fingerprint density at radius 2 is 1.81 bits per heavy atom. The molecule has 2 heterocycles. The Hall–Kier alpha value is -2.13. The van der Waals surface area contributed by atoms with E-state index in [-0.39, 0.29) is 28.7 Å². The van der Waals surface area contributed by atoms with E-state index in [1.165, 1.54) is 29.3 Å². The zero-order valence-corrected chi connectivity index (χ0v) is 19.5. The molecule has 176 valence electrons. The van der Waals surface area contributed by atoms with Gasteiger partial charge in [-0.25, -0.2) is 8.42 Å². The van der Waals surface area contributed by atoms with Crippen molar-refractivity contribution in [1.29, 1.82) is 0 Å². The van der Waals surface area contributed by atoms with Crippen molar-refractivity contribution in [3.05, 3.63) is 18.2 Å². The van der Waals surface area contributed by atoms with E-state index >= 15 is 0 Å². The van der Waals surface area contributed by atoms with E-state index < -0.39 is 16.1 Å². The number of carbonyl (C=O) groups is 2. The molecule has 2 fully saturated rings. The molecular weight excluding hydrogens is 430 g/mol. The second-order valence-corrected chi connectivity index (χ2v) is 11.0. The largest absolute Gasteiger partial charge is 0.478 e. The summed E-state index contributed by atoms with van der Waals surface area (Å²) in [5.41, 5.74) is 0.374. The number of fused-ring (bicyclic) bond motifs is 1. The highest BCUT2D eigenvalue weighted by Crippen LogP contribution is 2.34. The molecule has 2 aliphatic heterocycles. The number of hydrogen-bond donors (Lipinski definition) is 2. The highest BCUT2D eigenvalue weighted by molar-refractivity contribution is 7.89. The van der Waals surface area contributed by atoms with Crippen LogP contribution in [0.4, 0.5) is 5.69 Å². The number of sulfonamides is 1. The molecule has 1 aliphatic carbocycles. The van der Waals surface area contributed by atoms with Crippen LogP contribution >= 0.6 is 0 Å². The summed E-state index contributed by atoms with van der Waals surface area (Å²) in [6.45, 7) is 2.47. The lowest BCUT2D eigenvalue weighted by Crippen LogP contribution is -2.45. The van der Waals surface area contributed by atoms with Gasteiger partial charge in [0, 0.05) is 25.0 Å². The van der Waals surface area contributed by atoms with Gasteiger partial charge < -0.3 is 15.4 Å². The fourth-order valence-corrected chi connectivity index (χ4v) is 6.31. The van der Waals surface area contributed by atoms with Gasteiger partial charge in [-0.3, -0.25) is 9.59 Å². The Labute approximate surface area is 190 Å². The molecule has 1 saturated carbocycles. The van der Waals surface area contributed by atoms with Gasteiger partial charge in [-0.2, -0.15) is 4.31 Å². The topological polar surface area (TPSA) is 105 Å². The SMILES string of the molecule is CC[C@@H]1Oc2ccc(S(=O)(=O)N3CCC(C(=O)NC4CCCCCC4)CC3)cc2NC1=O. The molecule has 4 rings (SSSR count). The van der Waals surface area contributed by atoms with Crippen LogP contribution in [0.3, 0.4) is 0 Å². The molecule has 0 bridgehead atoms. The summed E-state index contributed by atoms with van der Waals surface area (Å²) in [7, 11) is -3.72. The zero-order valence-electron chi connectivity index (χ0n) is 18.6. The Balaban J connectivity index is 1.37. The first kappa shape index (κ1) is 23.0. The first-order valence-corrected chi connectivity index (χ1v) is 13.2. The van der Waals surface area contributed by atoms with E-state index in [4.69, 9.17) is 4.74 Å². The Morgan fingerprint density at radius 3 is 2.47 bits per heavy atom. The van der Waals surface area contributed by atoms with Crippen molar-refractivity contribution in [3.8, 4) is 5.75 Å². The summed E-state index contributed by atoms with van der Waals surface area (Å²) in [6.07, 6.45) is 7.87. The van der Waals surface area contributed by atoms with Crippen molar-refractivity contribution < 1.29 is 22.7 Å². The van der Waals surface area contributed by atoms with Crippen LogP contribution in [0.1, 0.15) is 64.7 Å². The van der Waals surface area contributed by atoms with E-state index in [0.717, 1.165) is 25.7 Å². The monoisotopic (exact) mass is 463 g/mol. The molecular formula is C23H33N3O5S. The van der Waals surface area contributed by atoms with Crippen LogP contribution in [0.15, 0.2) is 23.1 Å². The third-order valence-electron chi connectivity index (χ3n) is 6.81. The van der Waals surface area contributed by atoms with Gasteiger partial charge in [-0.05, 0) is 50.3 Å². The number of benzene rings is 1.